The lowest BCUT2D eigenvalue weighted by atomic mass is 10.3. The van der Waals surface area contributed by atoms with Crippen molar-refractivity contribution in [1.29, 1.82) is 0 Å². The number of hydrogen-bond acceptors (Lipinski definition) is 5. The van der Waals surface area contributed by atoms with E-state index in [1.165, 1.54) is 0 Å². The van der Waals surface area contributed by atoms with E-state index < -0.39 is 28.6 Å². The Hall–Kier alpha value is -1.77. The van der Waals surface area contributed by atoms with Gasteiger partial charge in [-0.2, -0.15) is 0 Å². The molecule has 0 atom stereocenters. The Bertz CT molecular complexity index is 466. The normalized spacial score (nSPS) is 11.2. The van der Waals surface area contributed by atoms with Gasteiger partial charge in [-0.15, -0.1) is 24.8 Å². The highest BCUT2D eigenvalue weighted by atomic mass is 35.5. The van der Waals surface area contributed by atoms with Crippen molar-refractivity contribution in [3.05, 3.63) is 21.9 Å². The molecule has 1 aromatic rings. The molecule has 0 aromatic carbocycles. The van der Waals surface area contributed by atoms with Crippen LogP contribution in [0.25, 0.3) is 0 Å². The van der Waals surface area contributed by atoms with Crippen molar-refractivity contribution in [3.8, 4) is 11.5 Å². The van der Waals surface area contributed by atoms with E-state index in [9.17, 15) is 23.3 Å². The molecule has 0 N–H and O–H groups in total. The summed E-state index contributed by atoms with van der Waals surface area (Å²) in [7, 11) is 0.966. The average molecular weight is 287 g/mol. The number of pyridine rings is 1. The van der Waals surface area contributed by atoms with Crippen molar-refractivity contribution in [3.63, 3.8) is 0 Å². The Morgan fingerprint density at radius 2 is 2.17 bits per heavy atom. The Morgan fingerprint density at radius 3 is 2.56 bits per heavy atom. The summed E-state index contributed by atoms with van der Waals surface area (Å²) in [4.78, 5) is 13.1. The highest BCUT2D eigenvalue weighted by molar-refractivity contribution is 6.16. The fourth-order valence-corrected chi connectivity index (χ4v) is 1.27. The summed E-state index contributed by atoms with van der Waals surface area (Å²) in [5, 5.41) is 10.6. The van der Waals surface area contributed by atoms with Crippen molar-refractivity contribution in [2.75, 3.05) is 7.11 Å². The van der Waals surface area contributed by atoms with Crippen LogP contribution in [0.15, 0.2) is 6.07 Å². The van der Waals surface area contributed by atoms with Gasteiger partial charge < -0.3 is 19.6 Å². The first-order valence-electron chi connectivity index (χ1n) is 4.32. The molecule has 1 rings (SSSR count). The number of methoxy groups -OCH3 is 1. The van der Waals surface area contributed by atoms with Crippen LogP contribution in [-0.2, 0) is 5.88 Å². The molecule has 0 saturated heterocycles. The Morgan fingerprint density at radius 1 is 1.56 bits per heavy atom. The van der Waals surface area contributed by atoms with Gasteiger partial charge in [0.05, 0.1) is 13.0 Å². The van der Waals surface area contributed by atoms with E-state index in [0.717, 1.165) is 13.2 Å². The van der Waals surface area contributed by atoms with Crippen molar-refractivity contribution in [2.45, 2.75) is 12.2 Å². The predicted molar refractivity (Wildman–Crippen MR) is 53.7 cm³/mol. The van der Waals surface area contributed by atoms with Crippen LogP contribution >= 0.6 is 11.6 Å². The molecule has 0 amide bonds. The largest absolute Gasteiger partial charge is 0.573 e. The second kappa shape index (κ2) is 5.25. The Labute approximate surface area is 103 Å². The molecule has 0 bridgehead atoms. The fourth-order valence-electron chi connectivity index (χ4n) is 1.13. The van der Waals surface area contributed by atoms with Gasteiger partial charge in [-0.3, -0.25) is 0 Å². The molecule has 0 fully saturated rings. The van der Waals surface area contributed by atoms with Crippen molar-refractivity contribution < 1.29 is 27.6 Å². The molecule has 0 aliphatic carbocycles. The fraction of sp³-hybridized carbons (Fsp3) is 0.375. The van der Waals surface area contributed by atoms with Crippen LogP contribution < -0.4 is 9.47 Å². The van der Waals surface area contributed by atoms with Crippen molar-refractivity contribution in [2.24, 2.45) is 0 Å². The van der Waals surface area contributed by atoms with E-state index in [-0.39, 0.29) is 11.6 Å². The lowest BCUT2D eigenvalue weighted by molar-refractivity contribution is -0.390. The monoisotopic (exact) mass is 286 g/mol. The molecule has 0 aliphatic heterocycles. The molecular weight excluding hydrogens is 281 g/mol. The Kier molecular flexibility index (Phi) is 4.17. The van der Waals surface area contributed by atoms with Crippen molar-refractivity contribution in [1.82, 2.24) is 4.98 Å². The quantitative estimate of drug-likeness (QED) is 0.483. The zero-order valence-electron chi connectivity index (χ0n) is 8.82. The minimum Gasteiger partial charge on any atom is -0.486 e. The lowest BCUT2D eigenvalue weighted by Crippen LogP contribution is -2.18. The van der Waals surface area contributed by atoms with Crippen LogP contribution in [0.1, 0.15) is 5.69 Å². The molecule has 10 heteroatoms. The van der Waals surface area contributed by atoms with Crippen LogP contribution in [-0.4, -0.2) is 23.4 Å². The number of rotatable bonds is 4. The van der Waals surface area contributed by atoms with Crippen molar-refractivity contribution >= 4 is 17.4 Å². The highest BCUT2D eigenvalue weighted by Gasteiger charge is 2.35. The highest BCUT2D eigenvalue weighted by Crippen LogP contribution is 2.38. The molecule has 6 nitrogen and oxygen atoms in total. The van der Waals surface area contributed by atoms with E-state index in [2.05, 4.69) is 14.5 Å². The first kappa shape index (κ1) is 14.3. The first-order valence-corrected chi connectivity index (χ1v) is 4.86. The molecule has 0 aliphatic rings. The molecule has 0 spiro atoms. The smallest absolute Gasteiger partial charge is 0.486 e. The molecule has 0 saturated carbocycles. The van der Waals surface area contributed by atoms with Gasteiger partial charge in [0.25, 0.3) is 5.75 Å². The van der Waals surface area contributed by atoms with Gasteiger partial charge >= 0.3 is 12.2 Å². The molecular formula is C8H6ClF3N2O4. The van der Waals surface area contributed by atoms with Crippen LogP contribution in [0.5, 0.6) is 11.5 Å². The zero-order valence-corrected chi connectivity index (χ0v) is 9.58. The number of hydrogen-bond donors (Lipinski definition) is 0. The minimum absolute atomic E-state index is 0.136. The second-order valence-corrected chi connectivity index (χ2v) is 3.17. The molecule has 100 valence electrons. The van der Waals surface area contributed by atoms with E-state index in [0.29, 0.717) is 0 Å². The maximum absolute atomic E-state index is 12.1. The number of ether oxygens (including phenoxy) is 2. The van der Waals surface area contributed by atoms with Gasteiger partial charge in [-0.25, -0.2) is 0 Å². The second-order valence-electron chi connectivity index (χ2n) is 2.91. The SMILES string of the molecule is COc1c(OC(F)(F)F)cc(CCl)nc1[N+](=O)[O-]. The van der Waals surface area contributed by atoms with Gasteiger partial charge in [-0.05, 0) is 9.91 Å². The predicted octanol–water partition coefficient (Wildman–Crippen LogP) is 2.64. The van der Waals surface area contributed by atoms with E-state index >= 15 is 0 Å². The maximum atomic E-state index is 12.1. The maximum Gasteiger partial charge on any atom is 0.573 e. The summed E-state index contributed by atoms with van der Waals surface area (Å²) in [5.74, 6) is -2.78. The third-order valence-corrected chi connectivity index (χ3v) is 1.99. The van der Waals surface area contributed by atoms with Crippen LogP contribution in [0.3, 0.4) is 0 Å². The number of alkyl halides is 4. The standard InChI is InChI=1S/C8H6ClF3N2O4/c1-17-6-5(18-8(10,11)12)2-4(3-9)13-7(6)14(15)16/h2H,3H2,1H3. The summed E-state index contributed by atoms with van der Waals surface area (Å²) in [6.45, 7) is 0. The van der Waals surface area contributed by atoms with Crippen LogP contribution in [0, 0.1) is 10.1 Å². The third kappa shape index (κ3) is 3.36. The average Bonchev–Trinajstić information content (AvgIpc) is 2.25. The minimum atomic E-state index is -5.01. The summed E-state index contributed by atoms with van der Waals surface area (Å²) < 4.78 is 44.5. The van der Waals surface area contributed by atoms with Crippen LogP contribution in [0.4, 0.5) is 19.0 Å². The zero-order chi connectivity index (χ0) is 13.9. The Balaban J connectivity index is 3.37. The lowest BCUT2D eigenvalue weighted by Gasteiger charge is -2.12. The van der Waals surface area contributed by atoms with Gasteiger partial charge in [0, 0.05) is 6.07 Å². The van der Waals surface area contributed by atoms with Gasteiger partial charge in [0.1, 0.15) is 0 Å². The topological polar surface area (TPSA) is 74.5 Å². The molecule has 1 aromatic heterocycles. The molecule has 1 heterocycles. The summed E-state index contributed by atoms with van der Waals surface area (Å²) in [6.07, 6.45) is -5.01. The van der Waals surface area contributed by atoms with Gasteiger partial charge in [0.15, 0.2) is 11.4 Å². The number of halogens is 4. The number of aromatic nitrogens is 1. The molecule has 0 radical (unpaired) electrons. The van der Waals surface area contributed by atoms with E-state index in [1.54, 1.807) is 0 Å². The first-order chi connectivity index (χ1) is 8.28. The third-order valence-electron chi connectivity index (χ3n) is 1.71. The summed E-state index contributed by atoms with van der Waals surface area (Å²) >= 11 is 5.38. The van der Waals surface area contributed by atoms with E-state index in [4.69, 9.17) is 11.6 Å². The number of nitrogens with zero attached hydrogens (tertiary/aromatic N) is 2. The molecule has 0 unspecified atom stereocenters. The summed E-state index contributed by atoms with van der Waals surface area (Å²) in [5.41, 5.74) is -0.136. The van der Waals surface area contributed by atoms with Crippen LogP contribution in [0.2, 0.25) is 0 Å². The summed E-state index contributed by atoms with van der Waals surface area (Å²) in [6, 6.07) is 0.826. The van der Waals surface area contributed by atoms with Gasteiger partial charge in [-0.1, -0.05) is 0 Å². The molecule has 18 heavy (non-hydrogen) atoms. The number of nitro groups is 1. The van der Waals surface area contributed by atoms with E-state index in [1.807, 2.05) is 0 Å². The van der Waals surface area contributed by atoms with Gasteiger partial charge in [0.2, 0.25) is 0 Å².